The zero-order chi connectivity index (χ0) is 16.4. The minimum absolute atomic E-state index is 0.142. The van der Waals surface area contributed by atoms with Crippen molar-refractivity contribution in [2.45, 2.75) is 27.2 Å². The molecule has 3 rings (SSSR count). The molecule has 4 nitrogen and oxygen atoms in total. The van der Waals surface area contributed by atoms with Crippen LogP contribution in [0.15, 0.2) is 42.5 Å². The third-order valence-corrected chi connectivity index (χ3v) is 3.96. The molecule has 0 spiro atoms. The first-order chi connectivity index (χ1) is 11.1. The number of carbonyl (C=O) groups is 1. The first-order valence-electron chi connectivity index (χ1n) is 7.72. The van der Waals surface area contributed by atoms with Crippen LogP contribution in [0.3, 0.4) is 0 Å². The van der Waals surface area contributed by atoms with Crippen LogP contribution in [0.2, 0.25) is 0 Å². The molecule has 23 heavy (non-hydrogen) atoms. The topological polar surface area (TPSA) is 54.9 Å². The van der Waals surface area contributed by atoms with E-state index in [0.29, 0.717) is 5.56 Å². The van der Waals surface area contributed by atoms with E-state index < -0.39 is 0 Å². The Morgan fingerprint density at radius 2 is 1.61 bits per heavy atom. The van der Waals surface area contributed by atoms with Crippen LogP contribution in [0.1, 0.15) is 34.2 Å². The van der Waals surface area contributed by atoms with Gasteiger partial charge in [-0.05, 0) is 56.2 Å². The highest BCUT2D eigenvalue weighted by Gasteiger charge is 2.09. The maximum absolute atomic E-state index is 12.4. The van der Waals surface area contributed by atoms with Gasteiger partial charge >= 0.3 is 0 Å². The Morgan fingerprint density at radius 3 is 2.26 bits per heavy atom. The summed E-state index contributed by atoms with van der Waals surface area (Å²) in [5.41, 5.74) is 5.94. The first-order valence-corrected chi connectivity index (χ1v) is 7.72. The molecular formula is C19H19N3O. The van der Waals surface area contributed by atoms with Gasteiger partial charge in [0.25, 0.3) is 5.91 Å². The van der Waals surface area contributed by atoms with E-state index in [1.165, 1.54) is 5.56 Å². The van der Waals surface area contributed by atoms with Crippen LogP contribution in [-0.2, 0) is 6.42 Å². The average molecular weight is 305 g/mol. The molecule has 0 saturated heterocycles. The molecule has 0 fully saturated rings. The smallest absolute Gasteiger partial charge is 0.255 e. The lowest BCUT2D eigenvalue weighted by atomic mass is 10.1. The van der Waals surface area contributed by atoms with Gasteiger partial charge in [0, 0.05) is 11.3 Å². The highest BCUT2D eigenvalue weighted by Crippen LogP contribution is 2.16. The van der Waals surface area contributed by atoms with Crippen LogP contribution in [-0.4, -0.2) is 15.9 Å². The van der Waals surface area contributed by atoms with Crippen molar-refractivity contribution in [3.63, 3.8) is 0 Å². The zero-order valence-corrected chi connectivity index (χ0v) is 13.6. The van der Waals surface area contributed by atoms with Crippen molar-refractivity contribution in [3.8, 4) is 0 Å². The summed E-state index contributed by atoms with van der Waals surface area (Å²) in [4.78, 5) is 21.4. The third-order valence-electron chi connectivity index (χ3n) is 3.96. The fraction of sp³-hybridized carbons (Fsp3) is 0.211. The van der Waals surface area contributed by atoms with Crippen molar-refractivity contribution in [1.82, 2.24) is 9.97 Å². The molecule has 0 aliphatic rings. The number of nitrogens with one attached hydrogen (secondary N) is 1. The predicted molar refractivity (Wildman–Crippen MR) is 92.8 cm³/mol. The predicted octanol–water partition coefficient (Wildman–Crippen LogP) is 4.06. The molecule has 3 aromatic rings. The van der Waals surface area contributed by atoms with E-state index in [9.17, 15) is 4.79 Å². The van der Waals surface area contributed by atoms with Crippen LogP contribution >= 0.6 is 0 Å². The van der Waals surface area contributed by atoms with Gasteiger partial charge in [-0.2, -0.15) is 0 Å². The number of hydrogen-bond donors (Lipinski definition) is 1. The summed E-state index contributed by atoms with van der Waals surface area (Å²) in [5, 5.41) is 2.91. The second-order valence-corrected chi connectivity index (χ2v) is 5.60. The number of aromatic nitrogens is 2. The molecule has 0 atom stereocenters. The van der Waals surface area contributed by atoms with Gasteiger partial charge in [0.15, 0.2) is 0 Å². The summed E-state index contributed by atoms with van der Waals surface area (Å²) in [6.07, 6.45) is 0.982. The van der Waals surface area contributed by atoms with Gasteiger partial charge in [0.2, 0.25) is 0 Å². The lowest BCUT2D eigenvalue weighted by Crippen LogP contribution is -2.12. The summed E-state index contributed by atoms with van der Waals surface area (Å²) in [6, 6.07) is 13.3. The molecule has 0 unspecified atom stereocenters. The van der Waals surface area contributed by atoms with Gasteiger partial charge in [-0.25, -0.2) is 9.97 Å². The molecule has 4 heteroatoms. The Kier molecular flexibility index (Phi) is 4.06. The first kappa shape index (κ1) is 15.2. The van der Waals surface area contributed by atoms with Gasteiger partial charge in [-0.15, -0.1) is 0 Å². The van der Waals surface area contributed by atoms with Gasteiger partial charge in [0.05, 0.1) is 22.4 Å². The molecule has 116 valence electrons. The number of rotatable bonds is 3. The number of hydrogen-bond acceptors (Lipinski definition) is 3. The maximum Gasteiger partial charge on any atom is 0.255 e. The van der Waals surface area contributed by atoms with Crippen molar-refractivity contribution in [2.75, 3.05) is 5.32 Å². The summed E-state index contributed by atoms with van der Waals surface area (Å²) in [5.74, 6) is -0.142. The van der Waals surface area contributed by atoms with Crippen molar-refractivity contribution in [1.29, 1.82) is 0 Å². The fourth-order valence-corrected chi connectivity index (χ4v) is 2.40. The van der Waals surface area contributed by atoms with Crippen LogP contribution in [0.4, 0.5) is 5.69 Å². The molecule has 1 heterocycles. The minimum atomic E-state index is -0.142. The van der Waals surface area contributed by atoms with Gasteiger partial charge < -0.3 is 5.32 Å². The van der Waals surface area contributed by atoms with E-state index in [0.717, 1.165) is 34.5 Å². The lowest BCUT2D eigenvalue weighted by Gasteiger charge is -2.07. The third kappa shape index (κ3) is 3.21. The highest BCUT2D eigenvalue weighted by atomic mass is 16.1. The number of amides is 1. The van der Waals surface area contributed by atoms with E-state index in [1.807, 2.05) is 44.2 Å². The molecule has 1 N–H and O–H groups in total. The van der Waals surface area contributed by atoms with Crippen molar-refractivity contribution in [2.24, 2.45) is 0 Å². The van der Waals surface area contributed by atoms with Crippen LogP contribution in [0, 0.1) is 13.8 Å². The number of benzene rings is 2. The van der Waals surface area contributed by atoms with Gasteiger partial charge in [-0.3, -0.25) is 4.79 Å². The van der Waals surface area contributed by atoms with E-state index in [2.05, 4.69) is 22.2 Å². The van der Waals surface area contributed by atoms with Crippen LogP contribution in [0.5, 0.6) is 0 Å². The molecule has 0 aliphatic heterocycles. The van der Waals surface area contributed by atoms with Crippen molar-refractivity contribution in [3.05, 3.63) is 65.0 Å². The molecule has 1 amide bonds. The van der Waals surface area contributed by atoms with Crippen molar-refractivity contribution >= 4 is 22.6 Å². The lowest BCUT2D eigenvalue weighted by molar-refractivity contribution is 0.102. The molecule has 0 radical (unpaired) electrons. The zero-order valence-electron chi connectivity index (χ0n) is 13.6. The Morgan fingerprint density at radius 1 is 0.957 bits per heavy atom. The SMILES string of the molecule is CCc1ccc(NC(=O)c2ccc3nc(C)c(C)nc3c2)cc1. The van der Waals surface area contributed by atoms with Gasteiger partial charge in [0.1, 0.15) is 0 Å². The van der Waals surface area contributed by atoms with Crippen LogP contribution < -0.4 is 5.32 Å². The fourth-order valence-electron chi connectivity index (χ4n) is 2.40. The summed E-state index contributed by atoms with van der Waals surface area (Å²) < 4.78 is 0. The Balaban J connectivity index is 1.86. The van der Waals surface area contributed by atoms with Gasteiger partial charge in [-0.1, -0.05) is 19.1 Å². The summed E-state index contributed by atoms with van der Waals surface area (Å²) in [6.45, 7) is 5.96. The second-order valence-electron chi connectivity index (χ2n) is 5.60. The normalized spacial score (nSPS) is 10.7. The second kappa shape index (κ2) is 6.16. The van der Waals surface area contributed by atoms with E-state index in [4.69, 9.17) is 0 Å². The quantitative estimate of drug-likeness (QED) is 0.794. The van der Waals surface area contributed by atoms with E-state index >= 15 is 0 Å². The van der Waals surface area contributed by atoms with Crippen LogP contribution in [0.25, 0.3) is 11.0 Å². The Bertz CT molecular complexity index is 870. The summed E-state index contributed by atoms with van der Waals surface area (Å²) >= 11 is 0. The van der Waals surface area contributed by atoms with E-state index in [-0.39, 0.29) is 5.91 Å². The van der Waals surface area contributed by atoms with Crippen molar-refractivity contribution < 1.29 is 4.79 Å². The number of aryl methyl sites for hydroxylation is 3. The number of carbonyl (C=O) groups excluding carboxylic acids is 1. The number of nitrogens with zero attached hydrogens (tertiary/aromatic N) is 2. The molecule has 2 aromatic carbocycles. The Labute approximate surface area is 135 Å². The maximum atomic E-state index is 12.4. The molecular weight excluding hydrogens is 286 g/mol. The largest absolute Gasteiger partial charge is 0.322 e. The molecule has 0 aliphatic carbocycles. The molecule has 0 saturated carbocycles. The monoisotopic (exact) mass is 305 g/mol. The standard InChI is InChI=1S/C19H19N3O/c1-4-14-5-8-16(9-6-14)22-19(23)15-7-10-17-18(11-15)21-13(3)12(2)20-17/h5-11H,4H2,1-3H3,(H,22,23). The van der Waals surface area contributed by atoms with E-state index in [1.54, 1.807) is 12.1 Å². The average Bonchev–Trinajstić information content (AvgIpc) is 2.56. The highest BCUT2D eigenvalue weighted by molar-refractivity contribution is 6.05. The minimum Gasteiger partial charge on any atom is -0.322 e. The summed E-state index contributed by atoms with van der Waals surface area (Å²) in [7, 11) is 0. The molecule has 1 aromatic heterocycles. The number of anilines is 1. The molecule has 0 bridgehead atoms. The number of fused-ring (bicyclic) bond motifs is 1. The Hall–Kier alpha value is -2.75.